The summed E-state index contributed by atoms with van der Waals surface area (Å²) >= 11 is 0. The number of fused-ring (bicyclic) bond motifs is 1. The van der Waals surface area contributed by atoms with Crippen LogP contribution in [0.15, 0.2) is 17.3 Å². The molecule has 0 bridgehead atoms. The van der Waals surface area contributed by atoms with E-state index in [2.05, 4.69) is 9.97 Å². The van der Waals surface area contributed by atoms with Gasteiger partial charge in [0.2, 0.25) is 0 Å². The predicted octanol–water partition coefficient (Wildman–Crippen LogP) is 0.885. The Kier molecular flexibility index (Phi) is 1.92. The van der Waals surface area contributed by atoms with Crippen molar-refractivity contribution in [1.29, 1.82) is 0 Å². The van der Waals surface area contributed by atoms with Crippen molar-refractivity contribution in [2.75, 3.05) is 0 Å². The largest absolute Gasteiger partial charge is 0.293 e. The lowest BCUT2D eigenvalue weighted by Gasteiger charge is -2.22. The standard InChI is InChI=1S/C10H14N4O/c1-10(2,3)14-9(15)8-7(13(14)4)5-11-6-12-8/h5-6H,1-4H3. The van der Waals surface area contributed by atoms with Crippen LogP contribution in [0.4, 0.5) is 0 Å². The van der Waals surface area contributed by atoms with Crippen molar-refractivity contribution in [3.63, 3.8) is 0 Å². The Morgan fingerprint density at radius 1 is 1.33 bits per heavy atom. The van der Waals surface area contributed by atoms with Crippen LogP contribution < -0.4 is 5.56 Å². The lowest BCUT2D eigenvalue weighted by atomic mass is 10.1. The predicted molar refractivity (Wildman–Crippen MR) is 57.8 cm³/mol. The number of aryl methyl sites for hydroxylation is 1. The van der Waals surface area contributed by atoms with Crippen LogP contribution in [0.25, 0.3) is 11.0 Å². The van der Waals surface area contributed by atoms with E-state index < -0.39 is 0 Å². The molecule has 2 aromatic heterocycles. The minimum Gasteiger partial charge on any atom is -0.281 e. The third-order valence-electron chi connectivity index (χ3n) is 2.37. The fourth-order valence-electron chi connectivity index (χ4n) is 1.82. The third kappa shape index (κ3) is 1.35. The summed E-state index contributed by atoms with van der Waals surface area (Å²) in [6.07, 6.45) is 3.06. The quantitative estimate of drug-likeness (QED) is 0.643. The van der Waals surface area contributed by atoms with E-state index in [1.165, 1.54) is 6.33 Å². The first-order valence-corrected chi connectivity index (χ1v) is 4.81. The molecule has 0 aliphatic rings. The number of aromatic nitrogens is 4. The summed E-state index contributed by atoms with van der Waals surface area (Å²) in [6.45, 7) is 5.96. The zero-order valence-electron chi connectivity index (χ0n) is 9.35. The molecule has 0 fully saturated rings. The summed E-state index contributed by atoms with van der Waals surface area (Å²) in [4.78, 5) is 20.0. The molecule has 2 aromatic rings. The Bertz CT molecular complexity index is 559. The fraction of sp³-hybridized carbons (Fsp3) is 0.500. The zero-order valence-corrected chi connectivity index (χ0v) is 9.35. The van der Waals surface area contributed by atoms with Gasteiger partial charge < -0.3 is 0 Å². The molecule has 0 saturated heterocycles. The molecule has 0 N–H and O–H groups in total. The number of rotatable bonds is 0. The molecule has 2 rings (SSSR count). The summed E-state index contributed by atoms with van der Waals surface area (Å²) in [7, 11) is 1.85. The summed E-state index contributed by atoms with van der Waals surface area (Å²) in [5, 5.41) is 0. The summed E-state index contributed by atoms with van der Waals surface area (Å²) < 4.78 is 3.49. The van der Waals surface area contributed by atoms with Crippen LogP contribution in [0.3, 0.4) is 0 Å². The molecule has 0 aliphatic carbocycles. The highest BCUT2D eigenvalue weighted by atomic mass is 16.1. The molecule has 0 unspecified atom stereocenters. The Morgan fingerprint density at radius 3 is 2.53 bits per heavy atom. The molecule has 5 nitrogen and oxygen atoms in total. The average Bonchev–Trinajstić information content (AvgIpc) is 2.39. The summed E-state index contributed by atoms with van der Waals surface area (Å²) in [5.41, 5.74) is 0.911. The minimum absolute atomic E-state index is 0.0672. The van der Waals surface area contributed by atoms with Crippen LogP contribution in [-0.2, 0) is 12.6 Å². The van der Waals surface area contributed by atoms with Gasteiger partial charge in [0.05, 0.1) is 11.7 Å². The summed E-state index contributed by atoms with van der Waals surface area (Å²) in [6, 6.07) is 0. The fourth-order valence-corrected chi connectivity index (χ4v) is 1.82. The van der Waals surface area contributed by atoms with E-state index in [1.807, 2.05) is 27.8 Å². The molecular weight excluding hydrogens is 192 g/mol. The van der Waals surface area contributed by atoms with E-state index in [9.17, 15) is 4.79 Å². The van der Waals surface area contributed by atoms with Crippen molar-refractivity contribution in [3.05, 3.63) is 22.9 Å². The molecule has 0 saturated carbocycles. The highest BCUT2D eigenvalue weighted by Gasteiger charge is 2.21. The van der Waals surface area contributed by atoms with Gasteiger partial charge in [-0.05, 0) is 20.8 Å². The molecule has 0 amide bonds. The maximum atomic E-state index is 12.0. The first-order chi connectivity index (χ1) is 6.93. The molecule has 80 valence electrons. The van der Waals surface area contributed by atoms with Crippen LogP contribution >= 0.6 is 0 Å². The molecule has 2 heterocycles. The smallest absolute Gasteiger partial charge is 0.281 e. The molecule has 0 atom stereocenters. The van der Waals surface area contributed by atoms with Crippen LogP contribution in [-0.4, -0.2) is 19.3 Å². The van der Waals surface area contributed by atoms with E-state index in [-0.39, 0.29) is 11.1 Å². The molecule has 0 radical (unpaired) electrons. The summed E-state index contributed by atoms with van der Waals surface area (Å²) in [5.74, 6) is 0. The molecule has 5 heteroatoms. The highest BCUT2D eigenvalue weighted by Crippen LogP contribution is 2.14. The van der Waals surface area contributed by atoms with Gasteiger partial charge in [0, 0.05) is 7.05 Å². The molecule has 0 spiro atoms. The van der Waals surface area contributed by atoms with E-state index in [0.29, 0.717) is 5.52 Å². The molecule has 0 aliphatic heterocycles. The van der Waals surface area contributed by atoms with E-state index >= 15 is 0 Å². The minimum atomic E-state index is -0.257. The van der Waals surface area contributed by atoms with Gasteiger partial charge in [0.1, 0.15) is 11.8 Å². The molecular formula is C10H14N4O. The van der Waals surface area contributed by atoms with Gasteiger partial charge in [-0.3, -0.25) is 9.48 Å². The van der Waals surface area contributed by atoms with Gasteiger partial charge in [-0.1, -0.05) is 0 Å². The van der Waals surface area contributed by atoms with Crippen molar-refractivity contribution in [1.82, 2.24) is 19.3 Å². The maximum Gasteiger partial charge on any atom is 0.293 e. The zero-order chi connectivity index (χ0) is 11.2. The Hall–Kier alpha value is -1.65. The van der Waals surface area contributed by atoms with Gasteiger partial charge in [0.15, 0.2) is 5.52 Å². The van der Waals surface area contributed by atoms with Crippen molar-refractivity contribution >= 4 is 11.0 Å². The first kappa shape index (κ1) is 9.89. The van der Waals surface area contributed by atoms with Crippen molar-refractivity contribution < 1.29 is 0 Å². The van der Waals surface area contributed by atoms with Gasteiger partial charge in [0.25, 0.3) is 5.56 Å². The first-order valence-electron chi connectivity index (χ1n) is 4.81. The monoisotopic (exact) mass is 206 g/mol. The van der Waals surface area contributed by atoms with Crippen molar-refractivity contribution in [2.45, 2.75) is 26.3 Å². The van der Waals surface area contributed by atoms with E-state index in [4.69, 9.17) is 0 Å². The lowest BCUT2D eigenvalue weighted by Crippen LogP contribution is -2.35. The van der Waals surface area contributed by atoms with E-state index in [0.717, 1.165) is 5.52 Å². The number of hydrogen-bond donors (Lipinski definition) is 0. The molecule has 15 heavy (non-hydrogen) atoms. The molecule has 0 aromatic carbocycles. The average molecular weight is 206 g/mol. The van der Waals surface area contributed by atoms with Gasteiger partial charge >= 0.3 is 0 Å². The van der Waals surface area contributed by atoms with Crippen molar-refractivity contribution in [3.8, 4) is 0 Å². The normalized spacial score (nSPS) is 12.3. The number of nitrogens with zero attached hydrogens (tertiary/aromatic N) is 4. The van der Waals surface area contributed by atoms with Gasteiger partial charge in [-0.2, -0.15) is 0 Å². The van der Waals surface area contributed by atoms with Crippen LogP contribution in [0.2, 0.25) is 0 Å². The Labute approximate surface area is 87.4 Å². The highest BCUT2D eigenvalue weighted by molar-refractivity contribution is 5.72. The number of hydrogen-bond acceptors (Lipinski definition) is 3. The second kappa shape index (κ2) is 2.92. The Balaban J connectivity index is 2.94. The van der Waals surface area contributed by atoms with Crippen LogP contribution in [0.5, 0.6) is 0 Å². The van der Waals surface area contributed by atoms with Gasteiger partial charge in [-0.15, -0.1) is 0 Å². The third-order valence-corrected chi connectivity index (χ3v) is 2.37. The Morgan fingerprint density at radius 2 is 2.00 bits per heavy atom. The lowest BCUT2D eigenvalue weighted by molar-refractivity contribution is 0.307. The SMILES string of the molecule is Cn1c2cncnc2c(=O)n1C(C)(C)C. The topological polar surface area (TPSA) is 52.7 Å². The van der Waals surface area contributed by atoms with Gasteiger partial charge in [-0.25, -0.2) is 14.6 Å². The second-order valence-electron chi connectivity index (χ2n) is 4.57. The second-order valence-corrected chi connectivity index (χ2v) is 4.57. The van der Waals surface area contributed by atoms with Crippen LogP contribution in [0, 0.1) is 0 Å². The van der Waals surface area contributed by atoms with Crippen molar-refractivity contribution in [2.24, 2.45) is 7.05 Å². The van der Waals surface area contributed by atoms with Crippen LogP contribution in [0.1, 0.15) is 20.8 Å². The maximum absolute atomic E-state index is 12.0. The van der Waals surface area contributed by atoms with E-state index in [1.54, 1.807) is 15.6 Å².